The highest BCUT2D eigenvalue weighted by Crippen LogP contribution is 2.25. The van der Waals surface area contributed by atoms with Gasteiger partial charge >= 0.3 is 0 Å². The fourth-order valence-corrected chi connectivity index (χ4v) is 2.52. The Kier molecular flexibility index (Phi) is 3.95. The smallest absolute Gasteiger partial charge is 0.140 e. The maximum absolute atomic E-state index is 6.01. The van der Waals surface area contributed by atoms with Crippen molar-refractivity contribution in [2.45, 2.75) is 25.4 Å². The van der Waals surface area contributed by atoms with Crippen LogP contribution < -0.4 is 5.73 Å². The monoisotopic (exact) mass is 283 g/mol. The van der Waals surface area contributed by atoms with Crippen LogP contribution in [0.2, 0.25) is 5.02 Å². The van der Waals surface area contributed by atoms with Crippen molar-refractivity contribution < 1.29 is 0 Å². The molecule has 3 rings (SSSR count). The number of imidazole rings is 1. The molecule has 1 atom stereocenters. The Balaban J connectivity index is 0.00000120. The molecule has 1 unspecified atom stereocenters. The Hall–Kier alpha value is -1.03. The second-order valence-corrected chi connectivity index (χ2v) is 4.93. The molecule has 0 amide bonds. The minimum absolute atomic E-state index is 0. The van der Waals surface area contributed by atoms with Crippen LogP contribution in [0.5, 0.6) is 0 Å². The molecular formula is C13H15Cl2N3. The number of hydrogen-bond donors (Lipinski definition) is 1. The van der Waals surface area contributed by atoms with Crippen molar-refractivity contribution in [2.75, 3.05) is 0 Å². The molecule has 2 N–H and O–H groups in total. The van der Waals surface area contributed by atoms with E-state index < -0.39 is 0 Å². The van der Waals surface area contributed by atoms with Gasteiger partial charge in [0, 0.05) is 35.1 Å². The van der Waals surface area contributed by atoms with E-state index in [9.17, 15) is 0 Å². The van der Waals surface area contributed by atoms with E-state index in [1.807, 2.05) is 30.5 Å². The molecule has 5 heteroatoms. The first kappa shape index (κ1) is 13.4. The standard InChI is InChI=1S/C13H14ClN3.ClH/c14-10-3-1-2-9(6-10)13-16-7-12-5-4-11(15)8-17(12)13;/h1-3,6-7,11H,4-5,8,15H2;1H. The lowest BCUT2D eigenvalue weighted by atomic mass is 10.1. The number of halogens is 2. The molecule has 1 aliphatic heterocycles. The number of aromatic nitrogens is 2. The van der Waals surface area contributed by atoms with Gasteiger partial charge in [-0.05, 0) is 25.0 Å². The van der Waals surface area contributed by atoms with Gasteiger partial charge in [0.2, 0.25) is 0 Å². The van der Waals surface area contributed by atoms with Crippen molar-refractivity contribution in [2.24, 2.45) is 5.73 Å². The van der Waals surface area contributed by atoms with E-state index in [0.29, 0.717) is 0 Å². The third-order valence-electron chi connectivity index (χ3n) is 3.21. The van der Waals surface area contributed by atoms with E-state index >= 15 is 0 Å². The van der Waals surface area contributed by atoms with Crippen molar-refractivity contribution in [3.8, 4) is 11.4 Å². The number of rotatable bonds is 1. The molecule has 0 fully saturated rings. The maximum Gasteiger partial charge on any atom is 0.140 e. The summed E-state index contributed by atoms with van der Waals surface area (Å²) in [6, 6.07) is 8.02. The SMILES string of the molecule is Cl.NC1CCc2cnc(-c3cccc(Cl)c3)n2C1. The molecule has 0 saturated heterocycles. The Labute approximate surface area is 117 Å². The van der Waals surface area contributed by atoms with Gasteiger partial charge in [0.1, 0.15) is 5.82 Å². The summed E-state index contributed by atoms with van der Waals surface area (Å²) in [7, 11) is 0. The molecule has 0 bridgehead atoms. The molecule has 96 valence electrons. The number of hydrogen-bond acceptors (Lipinski definition) is 2. The highest BCUT2D eigenvalue weighted by molar-refractivity contribution is 6.30. The van der Waals surface area contributed by atoms with Gasteiger partial charge in [0.25, 0.3) is 0 Å². The van der Waals surface area contributed by atoms with Gasteiger partial charge in [0.15, 0.2) is 0 Å². The highest BCUT2D eigenvalue weighted by atomic mass is 35.5. The van der Waals surface area contributed by atoms with Crippen molar-refractivity contribution in [3.63, 3.8) is 0 Å². The van der Waals surface area contributed by atoms with Gasteiger partial charge in [-0.2, -0.15) is 0 Å². The van der Waals surface area contributed by atoms with Gasteiger partial charge in [-0.15, -0.1) is 12.4 Å². The predicted octanol–water partition coefficient (Wildman–Crippen LogP) is 2.90. The summed E-state index contributed by atoms with van der Waals surface area (Å²) >= 11 is 6.01. The third kappa shape index (κ3) is 2.39. The van der Waals surface area contributed by atoms with E-state index in [2.05, 4.69) is 9.55 Å². The van der Waals surface area contributed by atoms with Crippen LogP contribution in [0.1, 0.15) is 12.1 Å². The Bertz CT molecular complexity index is 551. The van der Waals surface area contributed by atoms with E-state index in [1.54, 1.807) is 0 Å². The number of aryl methyl sites for hydroxylation is 1. The summed E-state index contributed by atoms with van der Waals surface area (Å²) in [5, 5.41) is 0.736. The van der Waals surface area contributed by atoms with Crippen LogP contribution in [0.4, 0.5) is 0 Å². The lowest BCUT2D eigenvalue weighted by molar-refractivity contribution is 0.463. The molecule has 2 heterocycles. The second kappa shape index (κ2) is 5.31. The Morgan fingerprint density at radius 1 is 1.39 bits per heavy atom. The first-order valence-corrected chi connectivity index (χ1v) is 6.18. The largest absolute Gasteiger partial charge is 0.327 e. The lowest BCUT2D eigenvalue weighted by Gasteiger charge is -2.22. The van der Waals surface area contributed by atoms with Crippen LogP contribution in [-0.2, 0) is 13.0 Å². The zero-order valence-corrected chi connectivity index (χ0v) is 11.4. The van der Waals surface area contributed by atoms with Crippen molar-refractivity contribution in [1.29, 1.82) is 0 Å². The molecule has 0 saturated carbocycles. The molecule has 2 aromatic rings. The van der Waals surface area contributed by atoms with Gasteiger partial charge < -0.3 is 10.3 Å². The van der Waals surface area contributed by atoms with Gasteiger partial charge in [0.05, 0.1) is 0 Å². The average molecular weight is 284 g/mol. The van der Waals surface area contributed by atoms with Crippen LogP contribution >= 0.6 is 24.0 Å². The average Bonchev–Trinajstić information content (AvgIpc) is 2.71. The number of benzene rings is 1. The van der Waals surface area contributed by atoms with Gasteiger partial charge in [-0.1, -0.05) is 23.7 Å². The summed E-state index contributed by atoms with van der Waals surface area (Å²) in [5.74, 6) is 0.970. The van der Waals surface area contributed by atoms with Crippen LogP contribution in [-0.4, -0.2) is 15.6 Å². The topological polar surface area (TPSA) is 43.8 Å². The van der Waals surface area contributed by atoms with E-state index in [0.717, 1.165) is 35.8 Å². The third-order valence-corrected chi connectivity index (χ3v) is 3.44. The molecule has 0 radical (unpaired) electrons. The van der Waals surface area contributed by atoms with Gasteiger partial charge in [-0.25, -0.2) is 4.98 Å². The fraction of sp³-hybridized carbons (Fsp3) is 0.308. The highest BCUT2D eigenvalue weighted by Gasteiger charge is 2.19. The number of nitrogens with zero attached hydrogens (tertiary/aromatic N) is 2. The van der Waals surface area contributed by atoms with Crippen molar-refractivity contribution in [3.05, 3.63) is 41.2 Å². The van der Waals surface area contributed by atoms with E-state index in [4.69, 9.17) is 17.3 Å². The summed E-state index contributed by atoms with van der Waals surface area (Å²) in [6.45, 7) is 0.844. The summed E-state index contributed by atoms with van der Waals surface area (Å²) < 4.78 is 2.21. The molecule has 0 spiro atoms. The number of nitrogens with two attached hydrogens (primary N) is 1. The first-order chi connectivity index (χ1) is 8.24. The normalized spacial score (nSPS) is 18.0. The summed E-state index contributed by atoms with van der Waals surface area (Å²) in [4.78, 5) is 4.49. The minimum Gasteiger partial charge on any atom is -0.327 e. The lowest BCUT2D eigenvalue weighted by Crippen LogP contribution is -2.31. The Morgan fingerprint density at radius 2 is 2.22 bits per heavy atom. The molecule has 0 aliphatic carbocycles. The molecule has 3 nitrogen and oxygen atoms in total. The van der Waals surface area contributed by atoms with Crippen molar-refractivity contribution in [1.82, 2.24) is 9.55 Å². The Morgan fingerprint density at radius 3 is 3.00 bits per heavy atom. The van der Waals surface area contributed by atoms with Crippen LogP contribution in [0.15, 0.2) is 30.5 Å². The zero-order chi connectivity index (χ0) is 11.8. The summed E-state index contributed by atoms with van der Waals surface area (Å²) in [6.07, 6.45) is 4.00. The number of fused-ring (bicyclic) bond motifs is 1. The van der Waals surface area contributed by atoms with E-state index in [-0.39, 0.29) is 18.4 Å². The second-order valence-electron chi connectivity index (χ2n) is 4.49. The molecule has 1 aliphatic rings. The van der Waals surface area contributed by atoms with Crippen LogP contribution in [0, 0.1) is 0 Å². The van der Waals surface area contributed by atoms with Crippen LogP contribution in [0.25, 0.3) is 11.4 Å². The molecule has 1 aromatic heterocycles. The fourth-order valence-electron chi connectivity index (χ4n) is 2.33. The molecule has 18 heavy (non-hydrogen) atoms. The zero-order valence-electron chi connectivity index (χ0n) is 9.84. The van der Waals surface area contributed by atoms with Crippen LogP contribution in [0.3, 0.4) is 0 Å². The molecule has 1 aromatic carbocycles. The summed E-state index contributed by atoms with van der Waals surface area (Å²) in [5.41, 5.74) is 8.33. The molecular weight excluding hydrogens is 269 g/mol. The van der Waals surface area contributed by atoms with Crippen molar-refractivity contribution >= 4 is 24.0 Å². The maximum atomic E-state index is 6.01. The minimum atomic E-state index is 0. The quantitative estimate of drug-likeness (QED) is 0.875. The van der Waals surface area contributed by atoms with E-state index in [1.165, 1.54) is 5.69 Å². The first-order valence-electron chi connectivity index (χ1n) is 5.80. The predicted molar refractivity (Wildman–Crippen MR) is 76.2 cm³/mol. The van der Waals surface area contributed by atoms with Gasteiger partial charge in [-0.3, -0.25) is 0 Å².